The molecule has 1 aliphatic rings. The van der Waals surface area contributed by atoms with E-state index in [4.69, 9.17) is 23.7 Å². The lowest BCUT2D eigenvalue weighted by Crippen LogP contribution is -2.62. The van der Waals surface area contributed by atoms with Crippen LogP contribution >= 0.6 is 0 Å². The van der Waals surface area contributed by atoms with Crippen LogP contribution in [0.25, 0.3) is 0 Å². The lowest BCUT2D eigenvalue weighted by Gasteiger charge is -2.39. The summed E-state index contributed by atoms with van der Waals surface area (Å²) >= 11 is 0. The van der Waals surface area contributed by atoms with E-state index in [9.17, 15) is 24.6 Å². The molecule has 0 aromatic carbocycles. The van der Waals surface area contributed by atoms with Crippen LogP contribution in [0.3, 0.4) is 0 Å². The van der Waals surface area contributed by atoms with E-state index in [1.165, 1.54) is 109 Å². The number of rotatable bonds is 44. The summed E-state index contributed by atoms with van der Waals surface area (Å²) in [6.07, 6.45) is 28.5. The summed E-state index contributed by atoms with van der Waals surface area (Å²) in [6, 6.07) is 0.142. The molecular weight excluding hydrogens is 827 g/mol. The van der Waals surface area contributed by atoms with Gasteiger partial charge in [0.2, 0.25) is 5.91 Å². The second-order valence-corrected chi connectivity index (χ2v) is 25.7. The molecule has 1 fully saturated rings. The second-order valence-electron chi connectivity index (χ2n) is 20.1. The fourth-order valence-corrected chi connectivity index (χ4v) is 9.09. The Bertz CT molecular complexity index is 1120. The molecule has 11 nitrogen and oxygen atoms in total. The Hall–Kier alpha value is -1.57. The number of carbonyl (C=O) groups excluding carboxylic acids is 3. The summed E-state index contributed by atoms with van der Waals surface area (Å²) in [5, 5.41) is 24.3. The summed E-state index contributed by atoms with van der Waals surface area (Å²) in [5.41, 5.74) is 0. The second kappa shape index (κ2) is 40.5. The van der Waals surface area contributed by atoms with Gasteiger partial charge in [0.25, 0.3) is 0 Å². The van der Waals surface area contributed by atoms with Crippen LogP contribution in [-0.2, 0) is 38.1 Å². The molecule has 0 radical (unpaired) electrons. The van der Waals surface area contributed by atoms with Gasteiger partial charge in [0.1, 0.15) is 19.0 Å². The van der Waals surface area contributed by atoms with E-state index in [0.29, 0.717) is 32.3 Å². The predicted octanol–water partition coefficient (Wildman–Crippen LogP) is 12.3. The summed E-state index contributed by atoms with van der Waals surface area (Å²) in [7, 11) is -1.26. The highest BCUT2D eigenvalue weighted by Gasteiger charge is 2.44. The van der Waals surface area contributed by atoms with Crippen LogP contribution in [0.2, 0.25) is 25.7 Å². The van der Waals surface area contributed by atoms with Crippen molar-refractivity contribution in [3.63, 3.8) is 0 Å². The number of aliphatic hydroxyl groups is 2. The first-order valence-corrected chi connectivity index (χ1v) is 30.5. The van der Waals surface area contributed by atoms with Gasteiger partial charge >= 0.3 is 11.9 Å². The molecule has 0 aliphatic carbocycles. The van der Waals surface area contributed by atoms with Crippen LogP contribution in [-0.4, -0.2) is 99.3 Å². The van der Waals surface area contributed by atoms with Crippen LogP contribution < -0.4 is 5.32 Å². The van der Waals surface area contributed by atoms with Gasteiger partial charge in [-0.1, -0.05) is 207 Å². The summed E-state index contributed by atoms with van der Waals surface area (Å²) < 4.78 is 29.5. The fraction of sp³-hybridized carbons (Fsp3) is 0.942. The Morgan fingerprint density at radius 2 is 1.14 bits per heavy atom. The number of ether oxygens (including phenoxy) is 5. The van der Waals surface area contributed by atoms with Crippen molar-refractivity contribution < 1.29 is 48.3 Å². The normalized spacial score (nSPS) is 18.8. The van der Waals surface area contributed by atoms with E-state index in [1.54, 1.807) is 0 Å². The van der Waals surface area contributed by atoms with Crippen molar-refractivity contribution >= 4 is 25.9 Å². The third-order valence-corrected chi connectivity index (χ3v) is 14.4. The number of aliphatic hydroxyl groups excluding tert-OH is 2. The van der Waals surface area contributed by atoms with Gasteiger partial charge in [0.05, 0.1) is 31.8 Å². The smallest absolute Gasteiger partial charge is 0.347 e. The lowest BCUT2D eigenvalue weighted by atomic mass is 9.97. The molecule has 6 atom stereocenters. The molecule has 0 spiro atoms. The van der Waals surface area contributed by atoms with E-state index in [-0.39, 0.29) is 38.3 Å². The molecule has 3 N–H and O–H groups in total. The average molecular weight is 928 g/mol. The minimum atomic E-state index is -1.41. The van der Waals surface area contributed by atoms with E-state index in [0.717, 1.165) is 63.8 Å². The number of hydrogen-bond acceptors (Lipinski definition) is 10. The molecule has 1 saturated heterocycles. The highest BCUT2D eigenvalue weighted by Crippen LogP contribution is 2.23. The fourth-order valence-electron chi connectivity index (χ4n) is 8.34. The number of unbranched alkanes of at least 4 members (excludes halogenated alkanes) is 25. The molecule has 0 saturated carbocycles. The first-order chi connectivity index (χ1) is 30.9. The highest BCUT2D eigenvalue weighted by molar-refractivity contribution is 6.76. The molecule has 1 amide bonds. The molecule has 1 rings (SSSR count). The maximum Gasteiger partial charge on any atom is 0.347 e. The maximum atomic E-state index is 14.0. The molecule has 0 bridgehead atoms. The molecular formula is C52H101NO10Si. The Kier molecular flexibility index (Phi) is 38.2. The van der Waals surface area contributed by atoms with Crippen molar-refractivity contribution in [3.05, 3.63) is 0 Å². The topological polar surface area (TPSA) is 150 Å². The molecule has 12 heteroatoms. The molecule has 0 aromatic heterocycles. The van der Waals surface area contributed by atoms with Crippen molar-refractivity contribution in [3.8, 4) is 0 Å². The van der Waals surface area contributed by atoms with E-state index >= 15 is 0 Å². The monoisotopic (exact) mass is 928 g/mol. The van der Waals surface area contributed by atoms with E-state index in [1.807, 2.05) is 0 Å². The first-order valence-electron chi connectivity index (χ1n) is 26.7. The number of carbonyl (C=O) groups is 3. The average Bonchev–Trinajstić information content (AvgIpc) is 3.26. The van der Waals surface area contributed by atoms with Crippen molar-refractivity contribution in [1.29, 1.82) is 0 Å². The molecule has 1 aliphatic heterocycles. The molecule has 64 heavy (non-hydrogen) atoms. The molecule has 1 heterocycles. The zero-order valence-corrected chi connectivity index (χ0v) is 43.3. The van der Waals surface area contributed by atoms with Crippen LogP contribution in [0, 0.1) is 0 Å². The number of amides is 1. The standard InChI is InChI=1S/C52H101NO10Si/c1-7-10-13-16-19-21-22-23-25-27-30-33-36-46(62-49(56)37-34-31-28-24-20-17-14-11-8-2)52(58)63-51-45(42-60-47(41-54)50(51)57)53-48(55)40-44(35-32-29-26-18-15-12-9-3)61-43-59-38-39-64(4,5)6/h44-47,50-51,54,57H,7-43H2,1-6H3,(H,53,55)/t44-,45-,46+,47-,50-,51-/m1/s1. The van der Waals surface area contributed by atoms with Crippen LogP contribution in [0.5, 0.6) is 0 Å². The number of esters is 2. The Morgan fingerprint density at radius 1 is 0.672 bits per heavy atom. The van der Waals surface area contributed by atoms with Gasteiger partial charge in [-0.05, 0) is 31.7 Å². The van der Waals surface area contributed by atoms with E-state index in [2.05, 4.69) is 45.7 Å². The van der Waals surface area contributed by atoms with Crippen molar-refractivity contribution in [2.75, 3.05) is 26.6 Å². The SMILES string of the molecule is CCCCCCCCCCCCCC[C@H](OC(=O)CCCCCCCCCCC)C(=O)O[C@H]1[C@H](O)[C@@H](CO)OC[C@H]1NC(=O)C[C@@H](CCCCCCCCC)OCOCC[Si](C)(C)C. The van der Waals surface area contributed by atoms with Gasteiger partial charge < -0.3 is 39.2 Å². The zero-order valence-electron chi connectivity index (χ0n) is 42.3. The van der Waals surface area contributed by atoms with Crippen molar-refractivity contribution in [1.82, 2.24) is 5.32 Å². The van der Waals surface area contributed by atoms with Gasteiger partial charge in [-0.25, -0.2) is 4.79 Å². The van der Waals surface area contributed by atoms with Crippen molar-refractivity contribution in [2.45, 2.75) is 288 Å². The highest BCUT2D eigenvalue weighted by atomic mass is 28.3. The van der Waals surface area contributed by atoms with Crippen molar-refractivity contribution in [2.24, 2.45) is 0 Å². The molecule has 0 unspecified atom stereocenters. The summed E-state index contributed by atoms with van der Waals surface area (Å²) in [4.78, 5) is 40.8. The minimum absolute atomic E-state index is 0.0714. The third kappa shape index (κ3) is 33.0. The van der Waals surface area contributed by atoms with Crippen LogP contribution in [0.1, 0.15) is 226 Å². The zero-order chi connectivity index (χ0) is 47.1. The Labute approximate surface area is 393 Å². The Balaban J connectivity index is 2.93. The third-order valence-electron chi connectivity index (χ3n) is 12.6. The Morgan fingerprint density at radius 3 is 1.62 bits per heavy atom. The van der Waals surface area contributed by atoms with Gasteiger partial charge in [-0.3, -0.25) is 9.59 Å². The van der Waals surface area contributed by atoms with E-state index < -0.39 is 57.1 Å². The maximum absolute atomic E-state index is 14.0. The first kappa shape index (κ1) is 60.4. The molecule has 0 aromatic rings. The summed E-state index contributed by atoms with van der Waals surface area (Å²) in [6.45, 7) is 13.8. The minimum Gasteiger partial charge on any atom is -0.454 e. The quantitative estimate of drug-likeness (QED) is 0.0233. The summed E-state index contributed by atoms with van der Waals surface area (Å²) in [5.74, 6) is -1.49. The van der Waals surface area contributed by atoms with Crippen LogP contribution in [0.4, 0.5) is 0 Å². The molecule has 378 valence electrons. The predicted molar refractivity (Wildman–Crippen MR) is 263 cm³/mol. The van der Waals surface area contributed by atoms with Gasteiger partial charge in [-0.15, -0.1) is 0 Å². The number of hydrogen-bond donors (Lipinski definition) is 3. The number of nitrogens with one attached hydrogen (secondary N) is 1. The van der Waals surface area contributed by atoms with Gasteiger partial charge in [-0.2, -0.15) is 0 Å². The van der Waals surface area contributed by atoms with Gasteiger partial charge in [0.15, 0.2) is 12.2 Å². The largest absolute Gasteiger partial charge is 0.454 e. The lowest BCUT2D eigenvalue weighted by molar-refractivity contribution is -0.200. The van der Waals surface area contributed by atoms with Gasteiger partial charge in [0, 0.05) is 21.1 Å². The van der Waals surface area contributed by atoms with Crippen LogP contribution in [0.15, 0.2) is 0 Å².